The van der Waals surface area contributed by atoms with E-state index in [1.54, 1.807) is 0 Å². The molecule has 0 fully saturated rings. The first-order valence-corrected chi connectivity index (χ1v) is 7.13. The Morgan fingerprint density at radius 3 is 2.50 bits per heavy atom. The third kappa shape index (κ3) is 3.92. The number of rotatable bonds is 7. The zero-order chi connectivity index (χ0) is 14.4. The maximum Gasteiger partial charge on any atom is 0.0681 e. The first-order chi connectivity index (χ1) is 9.72. The van der Waals surface area contributed by atoms with Crippen LogP contribution < -0.4 is 5.32 Å². The van der Waals surface area contributed by atoms with Gasteiger partial charge in [-0.05, 0) is 30.5 Å². The molecule has 0 aliphatic rings. The molecular weight excluding hydrogens is 250 g/mol. The van der Waals surface area contributed by atoms with Crippen molar-refractivity contribution in [1.82, 2.24) is 15.1 Å². The second-order valence-electron chi connectivity index (χ2n) is 5.09. The van der Waals surface area contributed by atoms with Gasteiger partial charge in [0, 0.05) is 24.8 Å². The number of benzene rings is 1. The summed E-state index contributed by atoms with van der Waals surface area (Å²) in [5.41, 5.74) is 3.49. The smallest absolute Gasteiger partial charge is 0.0681 e. The zero-order valence-corrected chi connectivity index (χ0v) is 12.2. The molecule has 2 N–H and O–H groups in total. The number of aromatic nitrogens is 2. The van der Waals surface area contributed by atoms with Crippen molar-refractivity contribution in [1.29, 1.82) is 0 Å². The summed E-state index contributed by atoms with van der Waals surface area (Å²) in [4.78, 5) is 0. The summed E-state index contributed by atoms with van der Waals surface area (Å²) in [6.07, 6.45) is 6.03. The van der Waals surface area contributed by atoms with Crippen molar-refractivity contribution in [2.75, 3.05) is 6.54 Å². The molecule has 1 unspecified atom stereocenters. The molecule has 4 nitrogen and oxygen atoms in total. The van der Waals surface area contributed by atoms with E-state index in [0.29, 0.717) is 6.04 Å². The summed E-state index contributed by atoms with van der Waals surface area (Å²) in [6, 6.07) is 8.48. The number of aliphatic hydroxyl groups excluding tert-OH is 1. The molecule has 0 radical (unpaired) electrons. The maximum absolute atomic E-state index is 9.02. The van der Waals surface area contributed by atoms with Gasteiger partial charge in [-0.1, -0.05) is 31.2 Å². The summed E-state index contributed by atoms with van der Waals surface area (Å²) in [5.74, 6) is 0. The minimum absolute atomic E-state index is 0.109. The van der Waals surface area contributed by atoms with Crippen molar-refractivity contribution in [2.45, 2.75) is 32.4 Å². The predicted octanol–water partition coefficient (Wildman–Crippen LogP) is 2.20. The number of hydrogen-bond donors (Lipinski definition) is 2. The van der Waals surface area contributed by atoms with Gasteiger partial charge in [-0.3, -0.25) is 4.68 Å². The van der Waals surface area contributed by atoms with Gasteiger partial charge in [0.05, 0.1) is 12.8 Å². The number of aryl methyl sites for hydroxylation is 1. The number of hydrogen-bond acceptors (Lipinski definition) is 3. The Hall–Kier alpha value is -1.65. The highest BCUT2D eigenvalue weighted by Gasteiger charge is 2.09. The molecule has 20 heavy (non-hydrogen) atoms. The minimum Gasteiger partial charge on any atom is -0.392 e. The van der Waals surface area contributed by atoms with Crippen molar-refractivity contribution in [3.05, 3.63) is 53.3 Å². The van der Waals surface area contributed by atoms with Crippen LogP contribution in [0.15, 0.2) is 36.7 Å². The molecular formula is C16H23N3O. The van der Waals surface area contributed by atoms with Gasteiger partial charge in [0.1, 0.15) is 0 Å². The lowest BCUT2D eigenvalue weighted by Gasteiger charge is -2.15. The summed E-state index contributed by atoms with van der Waals surface area (Å²) < 4.78 is 1.84. The van der Waals surface area contributed by atoms with Crippen LogP contribution in [0, 0.1) is 0 Å². The molecule has 2 rings (SSSR count). The molecule has 0 saturated carbocycles. The molecule has 0 bridgehead atoms. The van der Waals surface area contributed by atoms with Crippen LogP contribution in [0.4, 0.5) is 0 Å². The lowest BCUT2D eigenvalue weighted by Crippen LogP contribution is -2.23. The van der Waals surface area contributed by atoms with Crippen molar-refractivity contribution in [2.24, 2.45) is 7.05 Å². The number of aliphatic hydroxyl groups is 1. The summed E-state index contributed by atoms with van der Waals surface area (Å²) in [5, 5.41) is 16.8. The van der Waals surface area contributed by atoms with E-state index in [0.717, 1.165) is 24.9 Å². The van der Waals surface area contributed by atoms with E-state index in [4.69, 9.17) is 5.11 Å². The minimum atomic E-state index is 0.109. The molecule has 1 aromatic carbocycles. The van der Waals surface area contributed by atoms with Crippen LogP contribution >= 0.6 is 0 Å². The highest BCUT2D eigenvalue weighted by molar-refractivity contribution is 5.22. The Kier molecular flexibility index (Phi) is 5.32. The normalized spacial score (nSPS) is 12.6. The molecule has 0 amide bonds. The zero-order valence-electron chi connectivity index (χ0n) is 12.2. The highest BCUT2D eigenvalue weighted by atomic mass is 16.3. The van der Waals surface area contributed by atoms with Gasteiger partial charge in [-0.25, -0.2) is 0 Å². The van der Waals surface area contributed by atoms with Crippen molar-refractivity contribution < 1.29 is 5.11 Å². The molecule has 0 spiro atoms. The van der Waals surface area contributed by atoms with Crippen LogP contribution in [0.1, 0.15) is 36.1 Å². The van der Waals surface area contributed by atoms with Crippen LogP contribution in [-0.4, -0.2) is 21.4 Å². The van der Waals surface area contributed by atoms with Gasteiger partial charge in [0.25, 0.3) is 0 Å². The van der Waals surface area contributed by atoms with E-state index in [9.17, 15) is 0 Å². The van der Waals surface area contributed by atoms with Gasteiger partial charge in [-0.2, -0.15) is 5.10 Å². The van der Waals surface area contributed by atoms with E-state index >= 15 is 0 Å². The van der Waals surface area contributed by atoms with E-state index in [-0.39, 0.29) is 6.61 Å². The lowest BCUT2D eigenvalue weighted by atomic mass is 10.1. The first-order valence-electron chi connectivity index (χ1n) is 7.13. The molecule has 0 saturated heterocycles. The van der Waals surface area contributed by atoms with E-state index in [1.807, 2.05) is 30.1 Å². The fourth-order valence-electron chi connectivity index (χ4n) is 2.32. The van der Waals surface area contributed by atoms with E-state index in [1.165, 1.54) is 11.1 Å². The first kappa shape index (κ1) is 14.8. The monoisotopic (exact) mass is 273 g/mol. The standard InChI is InChI=1S/C16H23N3O/c1-3-16(15-10-18-19(2)11-15)17-9-8-13-4-6-14(12-20)7-5-13/h4-7,10-11,16-17,20H,3,8-9,12H2,1-2H3. The van der Waals surface area contributed by atoms with Gasteiger partial charge in [-0.15, -0.1) is 0 Å². The third-order valence-electron chi connectivity index (χ3n) is 3.55. The molecule has 0 aliphatic heterocycles. The molecule has 4 heteroatoms. The maximum atomic E-state index is 9.02. The van der Waals surface area contributed by atoms with Crippen LogP contribution in [0.5, 0.6) is 0 Å². The third-order valence-corrected chi connectivity index (χ3v) is 3.55. The Balaban J connectivity index is 1.84. The Morgan fingerprint density at radius 2 is 1.95 bits per heavy atom. The van der Waals surface area contributed by atoms with Gasteiger partial charge in [0.2, 0.25) is 0 Å². The largest absolute Gasteiger partial charge is 0.392 e. The van der Waals surface area contributed by atoms with Gasteiger partial charge < -0.3 is 10.4 Å². The topological polar surface area (TPSA) is 50.1 Å². The Labute approximate surface area is 120 Å². The van der Waals surface area contributed by atoms with Gasteiger partial charge >= 0.3 is 0 Å². The SMILES string of the molecule is CCC(NCCc1ccc(CO)cc1)c1cnn(C)c1. The molecule has 2 aromatic rings. The number of nitrogens with one attached hydrogen (secondary N) is 1. The molecule has 0 aliphatic carbocycles. The van der Waals surface area contributed by atoms with Crippen molar-refractivity contribution in [3.8, 4) is 0 Å². The second kappa shape index (κ2) is 7.22. The van der Waals surface area contributed by atoms with Crippen molar-refractivity contribution >= 4 is 0 Å². The van der Waals surface area contributed by atoms with Crippen LogP contribution in [0.25, 0.3) is 0 Å². The molecule has 108 valence electrons. The quantitative estimate of drug-likeness (QED) is 0.813. The average molecular weight is 273 g/mol. The fourth-order valence-corrected chi connectivity index (χ4v) is 2.32. The Bertz CT molecular complexity index is 519. The Morgan fingerprint density at radius 1 is 1.25 bits per heavy atom. The summed E-state index contributed by atoms with van der Waals surface area (Å²) >= 11 is 0. The summed E-state index contributed by atoms with van der Waals surface area (Å²) in [7, 11) is 1.94. The molecule has 1 heterocycles. The van der Waals surface area contributed by atoms with Gasteiger partial charge in [0.15, 0.2) is 0 Å². The number of nitrogens with zero attached hydrogens (tertiary/aromatic N) is 2. The molecule has 1 aromatic heterocycles. The summed E-state index contributed by atoms with van der Waals surface area (Å²) in [6.45, 7) is 3.23. The average Bonchev–Trinajstić information content (AvgIpc) is 2.90. The van der Waals surface area contributed by atoms with E-state index < -0.39 is 0 Å². The van der Waals surface area contributed by atoms with Crippen LogP contribution in [0.2, 0.25) is 0 Å². The van der Waals surface area contributed by atoms with Crippen LogP contribution in [-0.2, 0) is 20.1 Å². The highest BCUT2D eigenvalue weighted by Crippen LogP contribution is 2.15. The predicted molar refractivity (Wildman–Crippen MR) is 80.3 cm³/mol. The lowest BCUT2D eigenvalue weighted by molar-refractivity contribution is 0.282. The molecule has 1 atom stereocenters. The second-order valence-corrected chi connectivity index (χ2v) is 5.09. The van der Waals surface area contributed by atoms with Crippen molar-refractivity contribution in [3.63, 3.8) is 0 Å². The van der Waals surface area contributed by atoms with E-state index in [2.05, 4.69) is 35.7 Å². The van der Waals surface area contributed by atoms with Crippen LogP contribution in [0.3, 0.4) is 0 Å². The fraction of sp³-hybridized carbons (Fsp3) is 0.438.